The van der Waals surface area contributed by atoms with E-state index in [-0.39, 0.29) is 12.0 Å². The highest BCUT2D eigenvalue weighted by Gasteiger charge is 2.33. The summed E-state index contributed by atoms with van der Waals surface area (Å²) in [6, 6.07) is 22.7. The van der Waals surface area contributed by atoms with E-state index in [1.807, 2.05) is 31.3 Å². The average Bonchev–Trinajstić information content (AvgIpc) is 2.85. The molecule has 1 aliphatic heterocycles. The van der Waals surface area contributed by atoms with Gasteiger partial charge in [0.15, 0.2) is 0 Å². The molecule has 2 unspecified atom stereocenters. The minimum atomic E-state index is -0.891. The molecule has 1 fully saturated rings. The molecule has 2 atom stereocenters. The maximum Gasteiger partial charge on any atom is 0.407 e. The van der Waals surface area contributed by atoms with E-state index in [4.69, 9.17) is 9.47 Å². The van der Waals surface area contributed by atoms with E-state index in [0.717, 1.165) is 36.3 Å². The monoisotopic (exact) mass is 448 g/mol. The molecule has 174 valence electrons. The van der Waals surface area contributed by atoms with Gasteiger partial charge in [-0.2, -0.15) is 0 Å². The predicted molar refractivity (Wildman–Crippen MR) is 130 cm³/mol. The van der Waals surface area contributed by atoms with Gasteiger partial charge in [-0.1, -0.05) is 48.5 Å². The van der Waals surface area contributed by atoms with Crippen molar-refractivity contribution in [3.8, 4) is 5.75 Å². The summed E-state index contributed by atoms with van der Waals surface area (Å²) in [6.45, 7) is 2.94. The van der Waals surface area contributed by atoms with Gasteiger partial charge >= 0.3 is 6.09 Å². The summed E-state index contributed by atoms with van der Waals surface area (Å²) in [4.78, 5) is 13.1. The second-order valence-corrected chi connectivity index (χ2v) is 8.53. The van der Waals surface area contributed by atoms with E-state index in [1.165, 1.54) is 15.7 Å². The third-order valence-electron chi connectivity index (χ3n) is 6.26. The number of carbonyl (C=O) groups is 1. The largest absolute Gasteiger partial charge is 0.494 e. The molecule has 1 heterocycles. The lowest BCUT2D eigenvalue weighted by Crippen LogP contribution is -2.46. The van der Waals surface area contributed by atoms with Crippen LogP contribution in [-0.2, 0) is 11.3 Å². The zero-order valence-corrected chi connectivity index (χ0v) is 19.1. The number of amides is 1. The lowest BCUT2D eigenvalue weighted by Gasteiger charge is -2.37. The van der Waals surface area contributed by atoms with Crippen LogP contribution < -0.4 is 10.1 Å². The smallest absolute Gasteiger partial charge is 0.407 e. The molecule has 1 saturated heterocycles. The van der Waals surface area contributed by atoms with Crippen LogP contribution in [0.4, 0.5) is 4.79 Å². The molecule has 6 nitrogen and oxygen atoms in total. The van der Waals surface area contributed by atoms with Gasteiger partial charge in [-0.15, -0.1) is 0 Å². The molecule has 3 aromatic rings. The van der Waals surface area contributed by atoms with Crippen LogP contribution in [0.2, 0.25) is 0 Å². The highest BCUT2D eigenvalue weighted by atomic mass is 16.5. The first-order chi connectivity index (χ1) is 16.1. The summed E-state index contributed by atoms with van der Waals surface area (Å²) in [5.74, 6) is 0.992. The number of piperidine rings is 1. The minimum absolute atomic E-state index is 0.138. The van der Waals surface area contributed by atoms with Crippen LogP contribution in [0.5, 0.6) is 5.75 Å². The maximum atomic E-state index is 11.6. The van der Waals surface area contributed by atoms with Crippen LogP contribution in [0.15, 0.2) is 66.7 Å². The highest BCUT2D eigenvalue weighted by Crippen LogP contribution is 2.32. The maximum absolute atomic E-state index is 11.6. The Hall–Kier alpha value is -3.09. The molecule has 6 heteroatoms. The molecule has 2 N–H and O–H groups in total. The first-order valence-electron chi connectivity index (χ1n) is 11.6. The molecular weight excluding hydrogens is 416 g/mol. The summed E-state index contributed by atoms with van der Waals surface area (Å²) in [5, 5.41) is 15.0. The number of hydrogen-bond donors (Lipinski definition) is 2. The quantitative estimate of drug-likeness (QED) is 0.457. The second-order valence-electron chi connectivity index (χ2n) is 8.53. The van der Waals surface area contributed by atoms with E-state index in [9.17, 15) is 9.90 Å². The van der Waals surface area contributed by atoms with Crippen LogP contribution in [0.1, 0.15) is 29.9 Å². The Kier molecular flexibility index (Phi) is 7.81. The third kappa shape index (κ3) is 6.03. The van der Waals surface area contributed by atoms with E-state index in [2.05, 4.69) is 47.8 Å². The standard InChI is InChI=1S/C27H32N2O4/c1-28-14-4-16-32-24-11-9-22(10-12-24)25-13-15-29(27(30)31)18-26(25)33-19-20-7-8-21-5-2-3-6-23(21)17-20/h2-3,5-12,17,25-26,28H,4,13-16,18-19H2,1H3,(H,30,31). The molecular formula is C27H32N2O4. The molecule has 0 saturated carbocycles. The topological polar surface area (TPSA) is 71.0 Å². The fourth-order valence-corrected chi connectivity index (χ4v) is 4.42. The number of likely N-dealkylation sites (tertiary alicyclic amines) is 1. The zero-order valence-electron chi connectivity index (χ0n) is 19.1. The van der Waals surface area contributed by atoms with Crippen molar-refractivity contribution in [2.24, 2.45) is 0 Å². The Bertz CT molecular complexity index is 1050. The average molecular weight is 449 g/mol. The van der Waals surface area contributed by atoms with Crippen LogP contribution in [-0.4, -0.2) is 55.5 Å². The van der Waals surface area contributed by atoms with Crippen LogP contribution >= 0.6 is 0 Å². The van der Waals surface area contributed by atoms with Crippen LogP contribution in [0, 0.1) is 0 Å². The number of benzene rings is 3. The van der Waals surface area contributed by atoms with Gasteiger partial charge in [0.05, 0.1) is 25.9 Å². The van der Waals surface area contributed by atoms with E-state index >= 15 is 0 Å². The molecule has 0 bridgehead atoms. The van der Waals surface area contributed by atoms with Gasteiger partial charge in [-0.05, 0) is 66.5 Å². The molecule has 1 aliphatic rings. The summed E-state index contributed by atoms with van der Waals surface area (Å²) in [5.41, 5.74) is 2.25. The first kappa shape index (κ1) is 23.1. The molecule has 33 heavy (non-hydrogen) atoms. The fraction of sp³-hybridized carbons (Fsp3) is 0.370. The Morgan fingerprint density at radius 3 is 2.64 bits per heavy atom. The van der Waals surface area contributed by atoms with Crippen molar-refractivity contribution < 1.29 is 19.4 Å². The summed E-state index contributed by atoms with van der Waals surface area (Å²) < 4.78 is 12.2. The van der Waals surface area contributed by atoms with Crippen molar-refractivity contribution in [1.29, 1.82) is 0 Å². The second kappa shape index (κ2) is 11.2. The van der Waals surface area contributed by atoms with Crippen molar-refractivity contribution in [3.05, 3.63) is 77.9 Å². The molecule has 4 rings (SSSR count). The summed E-state index contributed by atoms with van der Waals surface area (Å²) >= 11 is 0. The summed E-state index contributed by atoms with van der Waals surface area (Å²) in [7, 11) is 1.93. The lowest BCUT2D eigenvalue weighted by atomic mass is 9.87. The van der Waals surface area contributed by atoms with Crippen molar-refractivity contribution in [3.63, 3.8) is 0 Å². The van der Waals surface area contributed by atoms with Crippen molar-refractivity contribution >= 4 is 16.9 Å². The van der Waals surface area contributed by atoms with Gasteiger partial charge in [0.2, 0.25) is 0 Å². The van der Waals surface area contributed by atoms with E-state index in [1.54, 1.807) is 0 Å². The number of nitrogens with zero attached hydrogens (tertiary/aromatic N) is 1. The SMILES string of the molecule is CNCCCOc1ccc(C2CCN(C(=O)O)CC2OCc2ccc3ccccc3c2)cc1. The van der Waals surface area contributed by atoms with Crippen molar-refractivity contribution in [1.82, 2.24) is 10.2 Å². The Morgan fingerprint density at radius 2 is 1.88 bits per heavy atom. The molecule has 0 aromatic heterocycles. The van der Waals surface area contributed by atoms with Crippen LogP contribution in [0.25, 0.3) is 10.8 Å². The Labute approximate surface area is 195 Å². The number of nitrogens with one attached hydrogen (secondary N) is 1. The van der Waals surface area contributed by atoms with E-state index in [0.29, 0.717) is 26.3 Å². The van der Waals surface area contributed by atoms with Gasteiger partial charge in [0.25, 0.3) is 0 Å². The number of hydrogen-bond acceptors (Lipinski definition) is 4. The van der Waals surface area contributed by atoms with E-state index < -0.39 is 6.09 Å². The van der Waals surface area contributed by atoms with Crippen molar-refractivity contribution in [2.75, 3.05) is 33.3 Å². The zero-order chi connectivity index (χ0) is 23.0. The molecule has 3 aromatic carbocycles. The normalized spacial score (nSPS) is 18.4. The van der Waals surface area contributed by atoms with Crippen LogP contribution in [0.3, 0.4) is 0 Å². The van der Waals surface area contributed by atoms with Crippen molar-refractivity contribution in [2.45, 2.75) is 31.5 Å². The number of carboxylic acid groups (broad SMARTS) is 1. The molecule has 0 spiro atoms. The first-order valence-corrected chi connectivity index (χ1v) is 11.6. The third-order valence-corrected chi connectivity index (χ3v) is 6.26. The van der Waals surface area contributed by atoms with Gasteiger partial charge in [0, 0.05) is 12.5 Å². The van der Waals surface area contributed by atoms with Gasteiger partial charge < -0.3 is 24.8 Å². The lowest BCUT2D eigenvalue weighted by molar-refractivity contribution is -0.0199. The molecule has 0 aliphatic carbocycles. The number of ether oxygens (including phenoxy) is 2. The predicted octanol–water partition coefficient (Wildman–Crippen LogP) is 4.88. The highest BCUT2D eigenvalue weighted by molar-refractivity contribution is 5.82. The Morgan fingerprint density at radius 1 is 1.09 bits per heavy atom. The molecule has 1 amide bonds. The van der Waals surface area contributed by atoms with Gasteiger partial charge in [0.1, 0.15) is 5.75 Å². The minimum Gasteiger partial charge on any atom is -0.494 e. The fourth-order valence-electron chi connectivity index (χ4n) is 4.42. The number of fused-ring (bicyclic) bond motifs is 1. The summed E-state index contributed by atoms with van der Waals surface area (Å²) in [6.07, 6.45) is 0.593. The van der Waals surface area contributed by atoms with Gasteiger partial charge in [-0.25, -0.2) is 4.79 Å². The Balaban J connectivity index is 1.44. The number of rotatable bonds is 9. The van der Waals surface area contributed by atoms with Gasteiger partial charge in [-0.3, -0.25) is 0 Å². The molecule has 0 radical (unpaired) electrons.